The molecule has 1 aromatic heterocycles. The molecule has 0 spiro atoms. The Morgan fingerprint density at radius 1 is 1.09 bits per heavy atom. The zero-order valence-electron chi connectivity index (χ0n) is 18.2. The van der Waals surface area contributed by atoms with Crippen molar-refractivity contribution in [3.8, 4) is 5.88 Å². The molecular formula is C25H29N5OS. The van der Waals surface area contributed by atoms with Gasteiger partial charge in [0.2, 0.25) is 11.0 Å². The number of fused-ring (bicyclic) bond motifs is 2. The number of aromatic hydroxyl groups is 1. The lowest BCUT2D eigenvalue weighted by Crippen LogP contribution is -2.35. The van der Waals surface area contributed by atoms with Crippen LogP contribution in [0.25, 0.3) is 10.9 Å². The number of benzene rings is 2. The lowest BCUT2D eigenvalue weighted by Gasteiger charge is -2.32. The second kappa shape index (κ2) is 9.00. The Kier molecular flexibility index (Phi) is 5.93. The Labute approximate surface area is 193 Å². The quantitative estimate of drug-likeness (QED) is 0.422. The van der Waals surface area contributed by atoms with Crippen LogP contribution in [0.5, 0.6) is 5.88 Å². The summed E-state index contributed by atoms with van der Waals surface area (Å²) >= 11 is 4.86. The van der Waals surface area contributed by atoms with Crippen molar-refractivity contribution in [2.75, 3.05) is 13.1 Å². The number of hydrogen-bond acceptors (Lipinski definition) is 4. The van der Waals surface area contributed by atoms with Crippen LogP contribution in [0.15, 0.2) is 52.7 Å². The van der Waals surface area contributed by atoms with Crippen LogP contribution < -0.4 is 5.73 Å². The number of aryl methyl sites for hydroxylation is 2. The van der Waals surface area contributed by atoms with Gasteiger partial charge in [0.25, 0.3) is 0 Å². The number of rotatable bonds is 5. The zero-order valence-corrected chi connectivity index (χ0v) is 19.0. The van der Waals surface area contributed by atoms with Gasteiger partial charge >= 0.3 is 0 Å². The van der Waals surface area contributed by atoms with E-state index in [9.17, 15) is 5.11 Å². The van der Waals surface area contributed by atoms with E-state index in [-0.39, 0.29) is 11.0 Å². The highest BCUT2D eigenvalue weighted by molar-refractivity contribution is 7.80. The number of azo groups is 1. The topological polar surface area (TPSA) is 79.1 Å². The molecule has 32 heavy (non-hydrogen) atoms. The fourth-order valence-electron chi connectivity index (χ4n) is 5.21. The molecule has 3 N–H and O–H groups in total. The number of nitrogens with two attached hydrogens (primary N) is 1. The van der Waals surface area contributed by atoms with Gasteiger partial charge in [-0.05, 0) is 85.5 Å². The van der Waals surface area contributed by atoms with Crippen molar-refractivity contribution in [3.05, 3.63) is 59.2 Å². The highest BCUT2D eigenvalue weighted by Crippen LogP contribution is 2.42. The SMILES string of the molecule is NC(=S)N=Nc1c(O)n(CN2CCC(Cc3ccccc3)CC2)c2cc3c(cc12)CCC3. The van der Waals surface area contributed by atoms with E-state index in [0.717, 1.165) is 56.1 Å². The predicted molar refractivity (Wildman–Crippen MR) is 131 cm³/mol. The zero-order chi connectivity index (χ0) is 22.1. The van der Waals surface area contributed by atoms with Crippen molar-refractivity contribution in [1.82, 2.24) is 9.47 Å². The summed E-state index contributed by atoms with van der Waals surface area (Å²) in [5.41, 5.74) is 11.1. The van der Waals surface area contributed by atoms with Crippen LogP contribution in [0.4, 0.5) is 5.69 Å². The van der Waals surface area contributed by atoms with Crippen molar-refractivity contribution in [2.45, 2.75) is 45.2 Å². The van der Waals surface area contributed by atoms with Gasteiger partial charge in [0.15, 0.2) is 5.69 Å². The molecule has 0 saturated carbocycles. The molecule has 2 aromatic carbocycles. The molecule has 0 atom stereocenters. The van der Waals surface area contributed by atoms with Crippen LogP contribution in [-0.2, 0) is 25.9 Å². The van der Waals surface area contributed by atoms with E-state index in [2.05, 4.69) is 57.6 Å². The summed E-state index contributed by atoms with van der Waals surface area (Å²) in [6, 6.07) is 15.1. The largest absolute Gasteiger partial charge is 0.493 e. The second-order valence-corrected chi connectivity index (χ2v) is 9.44. The van der Waals surface area contributed by atoms with Gasteiger partial charge in [-0.25, -0.2) is 0 Å². The third-order valence-electron chi connectivity index (χ3n) is 6.89. The lowest BCUT2D eigenvalue weighted by molar-refractivity contribution is 0.145. The summed E-state index contributed by atoms with van der Waals surface area (Å²) in [6.45, 7) is 2.68. The highest BCUT2D eigenvalue weighted by Gasteiger charge is 2.24. The molecule has 0 radical (unpaired) electrons. The fraction of sp³-hybridized carbons (Fsp3) is 0.400. The van der Waals surface area contributed by atoms with Gasteiger partial charge in [-0.15, -0.1) is 10.2 Å². The van der Waals surface area contributed by atoms with E-state index >= 15 is 0 Å². The van der Waals surface area contributed by atoms with E-state index < -0.39 is 0 Å². The number of piperidine rings is 1. The van der Waals surface area contributed by atoms with Crippen LogP contribution in [0.1, 0.15) is 36.0 Å². The summed E-state index contributed by atoms with van der Waals surface area (Å²) in [5.74, 6) is 0.844. The van der Waals surface area contributed by atoms with Gasteiger partial charge in [0.1, 0.15) is 0 Å². The first-order chi connectivity index (χ1) is 15.6. The maximum atomic E-state index is 11.1. The van der Waals surface area contributed by atoms with Gasteiger partial charge in [0.05, 0.1) is 12.2 Å². The second-order valence-electron chi connectivity index (χ2n) is 9.02. The third kappa shape index (κ3) is 4.27. The summed E-state index contributed by atoms with van der Waals surface area (Å²) in [5, 5.41) is 20.0. The maximum Gasteiger partial charge on any atom is 0.221 e. The molecular weight excluding hydrogens is 418 g/mol. The van der Waals surface area contributed by atoms with Gasteiger partial charge in [-0.2, -0.15) is 0 Å². The first-order valence-electron chi connectivity index (χ1n) is 11.4. The van der Waals surface area contributed by atoms with Crippen LogP contribution in [0.3, 0.4) is 0 Å². The summed E-state index contributed by atoms with van der Waals surface area (Å²) in [4.78, 5) is 2.42. The molecule has 2 aliphatic rings. The standard InChI is InChI=1S/C25H29N5OS/c26-25(32)28-27-23-21-14-19-7-4-8-20(19)15-22(21)30(24(23)31)16-29-11-9-18(10-12-29)13-17-5-2-1-3-6-17/h1-3,5-6,14-15,18,31H,4,7-13,16H2,(H2,26,32). The minimum absolute atomic E-state index is 0.0352. The molecule has 0 bridgehead atoms. The molecule has 1 aliphatic heterocycles. The van der Waals surface area contributed by atoms with Crippen molar-refractivity contribution >= 4 is 33.9 Å². The Hall–Kier alpha value is -2.77. The summed E-state index contributed by atoms with van der Waals surface area (Å²) in [7, 11) is 0. The molecule has 2 heterocycles. The number of hydrogen-bond donors (Lipinski definition) is 2. The first-order valence-corrected chi connectivity index (χ1v) is 11.8. The van der Waals surface area contributed by atoms with E-state index in [1.807, 2.05) is 4.57 Å². The number of nitrogens with zero attached hydrogens (tertiary/aromatic N) is 4. The third-order valence-corrected chi connectivity index (χ3v) is 6.97. The summed E-state index contributed by atoms with van der Waals surface area (Å²) < 4.78 is 1.97. The van der Waals surface area contributed by atoms with Crippen molar-refractivity contribution in [3.63, 3.8) is 0 Å². The first kappa shape index (κ1) is 21.1. The van der Waals surface area contributed by atoms with E-state index in [1.54, 1.807) is 0 Å². The van der Waals surface area contributed by atoms with E-state index in [1.165, 1.54) is 23.1 Å². The van der Waals surface area contributed by atoms with E-state index in [0.29, 0.717) is 18.3 Å². The van der Waals surface area contributed by atoms with Gasteiger partial charge in [-0.3, -0.25) is 9.47 Å². The predicted octanol–water partition coefficient (Wildman–Crippen LogP) is 5.08. The molecule has 166 valence electrons. The average Bonchev–Trinajstić information content (AvgIpc) is 3.35. The molecule has 7 heteroatoms. The summed E-state index contributed by atoms with van der Waals surface area (Å²) in [6.07, 6.45) is 6.80. The Morgan fingerprint density at radius 2 is 1.81 bits per heavy atom. The molecule has 6 nitrogen and oxygen atoms in total. The van der Waals surface area contributed by atoms with E-state index in [4.69, 9.17) is 18.0 Å². The smallest absolute Gasteiger partial charge is 0.221 e. The molecule has 1 fully saturated rings. The molecule has 1 aliphatic carbocycles. The monoisotopic (exact) mass is 447 g/mol. The Balaban J connectivity index is 1.37. The Bertz CT molecular complexity index is 1160. The van der Waals surface area contributed by atoms with Gasteiger partial charge < -0.3 is 10.8 Å². The van der Waals surface area contributed by atoms with Crippen LogP contribution >= 0.6 is 12.2 Å². The van der Waals surface area contributed by atoms with Crippen LogP contribution in [0.2, 0.25) is 0 Å². The lowest BCUT2D eigenvalue weighted by atomic mass is 9.90. The highest BCUT2D eigenvalue weighted by atomic mass is 32.1. The maximum absolute atomic E-state index is 11.1. The van der Waals surface area contributed by atoms with Crippen LogP contribution in [0, 0.1) is 5.92 Å². The minimum atomic E-state index is -0.0352. The molecule has 0 unspecified atom stereocenters. The minimum Gasteiger partial charge on any atom is -0.493 e. The number of aromatic nitrogens is 1. The van der Waals surface area contributed by atoms with Crippen molar-refractivity contribution in [1.29, 1.82) is 0 Å². The normalized spacial score (nSPS) is 17.4. The van der Waals surface area contributed by atoms with Gasteiger partial charge in [-0.1, -0.05) is 30.3 Å². The van der Waals surface area contributed by atoms with Gasteiger partial charge in [0, 0.05) is 18.5 Å². The number of thiocarbonyl (C=S) groups is 1. The van der Waals surface area contributed by atoms with Crippen LogP contribution in [-0.4, -0.2) is 32.8 Å². The fourth-order valence-corrected chi connectivity index (χ4v) is 5.25. The number of likely N-dealkylation sites (tertiary alicyclic amines) is 1. The van der Waals surface area contributed by atoms with Crippen molar-refractivity contribution < 1.29 is 5.11 Å². The molecule has 0 amide bonds. The molecule has 1 saturated heterocycles. The van der Waals surface area contributed by atoms with Crippen molar-refractivity contribution in [2.24, 2.45) is 21.9 Å². The average molecular weight is 448 g/mol. The molecule has 3 aromatic rings. The molecule has 5 rings (SSSR count). The Morgan fingerprint density at radius 3 is 2.53 bits per heavy atom.